The molecule has 2 N–H and O–H groups in total. The highest BCUT2D eigenvalue weighted by Gasteiger charge is 1.98. The summed E-state index contributed by atoms with van der Waals surface area (Å²) in [6.07, 6.45) is 6.43. The molecular weight excluding hydrogens is 184 g/mol. The number of anilines is 1. The van der Waals surface area contributed by atoms with Crippen LogP contribution < -0.4 is 10.6 Å². The molecule has 15 heavy (non-hydrogen) atoms. The molecule has 1 aromatic carbocycles. The van der Waals surface area contributed by atoms with E-state index in [4.69, 9.17) is 6.42 Å². The van der Waals surface area contributed by atoms with Gasteiger partial charge in [-0.3, -0.25) is 5.32 Å². The Balaban J connectivity index is 2.46. The fourth-order valence-electron chi connectivity index (χ4n) is 1.35. The van der Waals surface area contributed by atoms with Crippen LogP contribution in [0.3, 0.4) is 0 Å². The number of aryl methyl sites for hydroxylation is 1. The molecule has 0 spiro atoms. The van der Waals surface area contributed by atoms with Crippen LogP contribution in [-0.2, 0) is 6.42 Å². The van der Waals surface area contributed by atoms with Gasteiger partial charge in [0, 0.05) is 5.69 Å². The molecule has 0 amide bonds. The summed E-state index contributed by atoms with van der Waals surface area (Å²) >= 11 is 0. The van der Waals surface area contributed by atoms with Crippen LogP contribution in [-0.4, -0.2) is 12.7 Å². The lowest BCUT2D eigenvalue weighted by atomic mass is 10.1. The first kappa shape index (κ1) is 11.6. The Kier molecular flexibility index (Phi) is 4.73. The van der Waals surface area contributed by atoms with E-state index in [1.54, 1.807) is 0 Å². The molecule has 1 atom stereocenters. The molecule has 0 aliphatic carbocycles. The average molecular weight is 202 g/mol. The number of hydrogen-bond donors (Lipinski definition) is 2. The van der Waals surface area contributed by atoms with Gasteiger partial charge in [0.1, 0.15) is 0 Å². The third-order valence-electron chi connectivity index (χ3n) is 2.26. The Morgan fingerprint density at radius 2 is 2.00 bits per heavy atom. The molecule has 0 bridgehead atoms. The summed E-state index contributed by atoms with van der Waals surface area (Å²) < 4.78 is 0. The minimum Gasteiger partial charge on any atom is -0.370 e. The monoisotopic (exact) mass is 202 g/mol. The van der Waals surface area contributed by atoms with Crippen LogP contribution in [0.1, 0.15) is 19.4 Å². The van der Waals surface area contributed by atoms with Gasteiger partial charge >= 0.3 is 0 Å². The largest absolute Gasteiger partial charge is 0.370 e. The maximum Gasteiger partial charge on any atom is 0.0746 e. The van der Waals surface area contributed by atoms with E-state index in [1.807, 2.05) is 6.92 Å². The lowest BCUT2D eigenvalue weighted by molar-refractivity contribution is 0.652. The van der Waals surface area contributed by atoms with Crippen molar-refractivity contribution in [2.24, 2.45) is 0 Å². The third kappa shape index (κ3) is 4.05. The fraction of sp³-hybridized carbons (Fsp3) is 0.385. The molecule has 0 fully saturated rings. The zero-order valence-electron chi connectivity index (χ0n) is 9.38. The second-order valence-electron chi connectivity index (χ2n) is 3.50. The van der Waals surface area contributed by atoms with Gasteiger partial charge in [0.25, 0.3) is 0 Å². The van der Waals surface area contributed by atoms with Crippen molar-refractivity contribution in [1.82, 2.24) is 5.32 Å². The Labute approximate surface area is 92.1 Å². The summed E-state index contributed by atoms with van der Waals surface area (Å²) in [7, 11) is 0. The molecule has 0 aromatic heterocycles. The summed E-state index contributed by atoms with van der Waals surface area (Å²) in [5.41, 5.74) is 2.47. The normalized spacial score (nSPS) is 11.8. The molecule has 2 heteroatoms. The highest BCUT2D eigenvalue weighted by atomic mass is 15.1. The molecule has 0 aliphatic rings. The quantitative estimate of drug-likeness (QED) is 0.565. The summed E-state index contributed by atoms with van der Waals surface area (Å²) in [4.78, 5) is 0. The van der Waals surface area contributed by atoms with Gasteiger partial charge in [-0.1, -0.05) is 25.0 Å². The van der Waals surface area contributed by atoms with Gasteiger partial charge in [0.2, 0.25) is 0 Å². The molecule has 0 heterocycles. The molecule has 1 aromatic rings. The van der Waals surface area contributed by atoms with Gasteiger partial charge in [-0.25, -0.2) is 0 Å². The van der Waals surface area contributed by atoms with Crippen molar-refractivity contribution in [2.45, 2.75) is 26.4 Å². The lowest BCUT2D eigenvalue weighted by Gasteiger charge is -2.15. The van der Waals surface area contributed by atoms with Crippen molar-refractivity contribution < 1.29 is 0 Å². The van der Waals surface area contributed by atoms with E-state index >= 15 is 0 Å². The lowest BCUT2D eigenvalue weighted by Crippen LogP contribution is -2.33. The second-order valence-corrected chi connectivity index (χ2v) is 3.50. The van der Waals surface area contributed by atoms with Crippen molar-refractivity contribution in [3.63, 3.8) is 0 Å². The van der Waals surface area contributed by atoms with Crippen LogP contribution in [0.15, 0.2) is 24.3 Å². The smallest absolute Gasteiger partial charge is 0.0746 e. The zero-order chi connectivity index (χ0) is 11.1. The molecule has 0 aliphatic heterocycles. The Bertz CT molecular complexity index is 321. The van der Waals surface area contributed by atoms with Gasteiger partial charge < -0.3 is 5.32 Å². The summed E-state index contributed by atoms with van der Waals surface area (Å²) in [6.45, 7) is 4.78. The maximum absolute atomic E-state index is 5.17. The zero-order valence-corrected chi connectivity index (χ0v) is 9.38. The summed E-state index contributed by atoms with van der Waals surface area (Å²) in [5, 5.41) is 6.48. The number of terminal acetylenes is 1. The number of rotatable bonds is 5. The van der Waals surface area contributed by atoms with E-state index in [-0.39, 0.29) is 6.17 Å². The molecule has 0 saturated carbocycles. The molecule has 1 unspecified atom stereocenters. The van der Waals surface area contributed by atoms with E-state index in [1.165, 1.54) is 5.56 Å². The second kappa shape index (κ2) is 6.10. The third-order valence-corrected chi connectivity index (χ3v) is 2.26. The van der Waals surface area contributed by atoms with Crippen LogP contribution in [0.5, 0.6) is 0 Å². The van der Waals surface area contributed by atoms with Gasteiger partial charge in [0.15, 0.2) is 0 Å². The van der Waals surface area contributed by atoms with Crippen LogP contribution in [0, 0.1) is 12.3 Å². The standard InChI is InChI=1S/C13H18N2/c1-4-10-14-11(3)15-13-8-6-12(5-2)7-9-13/h1,6-9,11,14-15H,5,10H2,2-3H3. The van der Waals surface area contributed by atoms with Crippen molar-refractivity contribution >= 4 is 5.69 Å². The molecule has 2 nitrogen and oxygen atoms in total. The van der Waals surface area contributed by atoms with Gasteiger partial charge in [0.05, 0.1) is 12.7 Å². The van der Waals surface area contributed by atoms with Gasteiger partial charge in [-0.15, -0.1) is 6.42 Å². The predicted molar refractivity (Wildman–Crippen MR) is 65.7 cm³/mol. The molecule has 80 valence electrons. The van der Waals surface area contributed by atoms with Crippen LogP contribution in [0.2, 0.25) is 0 Å². The van der Waals surface area contributed by atoms with Crippen molar-refractivity contribution in [3.05, 3.63) is 29.8 Å². The van der Waals surface area contributed by atoms with E-state index in [0.717, 1.165) is 12.1 Å². The molecule has 0 saturated heterocycles. The van der Waals surface area contributed by atoms with Gasteiger partial charge in [-0.05, 0) is 31.0 Å². The average Bonchev–Trinajstić information content (AvgIpc) is 2.27. The van der Waals surface area contributed by atoms with Crippen molar-refractivity contribution in [1.29, 1.82) is 0 Å². The number of nitrogens with one attached hydrogen (secondary N) is 2. The topological polar surface area (TPSA) is 24.1 Å². The minimum atomic E-state index is 0.188. The molecular formula is C13H18N2. The Morgan fingerprint density at radius 1 is 1.33 bits per heavy atom. The van der Waals surface area contributed by atoms with Crippen LogP contribution in [0.25, 0.3) is 0 Å². The highest BCUT2D eigenvalue weighted by Crippen LogP contribution is 2.10. The molecule has 1 rings (SSSR count). The van der Waals surface area contributed by atoms with Crippen LogP contribution >= 0.6 is 0 Å². The van der Waals surface area contributed by atoms with Gasteiger partial charge in [-0.2, -0.15) is 0 Å². The Morgan fingerprint density at radius 3 is 2.53 bits per heavy atom. The predicted octanol–water partition coefficient (Wildman–Crippen LogP) is 2.23. The Hall–Kier alpha value is -1.46. The first-order chi connectivity index (χ1) is 7.26. The number of benzene rings is 1. The van der Waals surface area contributed by atoms with E-state index < -0.39 is 0 Å². The first-order valence-corrected chi connectivity index (χ1v) is 5.28. The van der Waals surface area contributed by atoms with Crippen LogP contribution in [0.4, 0.5) is 5.69 Å². The minimum absolute atomic E-state index is 0.188. The van der Waals surface area contributed by atoms with Crippen molar-refractivity contribution in [2.75, 3.05) is 11.9 Å². The van der Waals surface area contributed by atoms with E-state index in [0.29, 0.717) is 6.54 Å². The van der Waals surface area contributed by atoms with E-state index in [9.17, 15) is 0 Å². The van der Waals surface area contributed by atoms with E-state index in [2.05, 4.69) is 47.7 Å². The summed E-state index contributed by atoms with van der Waals surface area (Å²) in [6, 6.07) is 8.45. The summed E-state index contributed by atoms with van der Waals surface area (Å²) in [5.74, 6) is 2.55. The molecule has 0 radical (unpaired) electrons. The first-order valence-electron chi connectivity index (χ1n) is 5.28. The number of hydrogen-bond acceptors (Lipinski definition) is 2. The SMILES string of the molecule is C#CCNC(C)Nc1ccc(CC)cc1. The van der Waals surface area contributed by atoms with Crippen molar-refractivity contribution in [3.8, 4) is 12.3 Å². The highest BCUT2D eigenvalue weighted by molar-refractivity contribution is 5.45. The maximum atomic E-state index is 5.17. The fourth-order valence-corrected chi connectivity index (χ4v) is 1.35.